The molecule has 0 aliphatic carbocycles. The Morgan fingerprint density at radius 3 is 1.64 bits per heavy atom. The largest absolute Gasteiger partial charge is 0.385 e. The van der Waals surface area contributed by atoms with Gasteiger partial charge in [0, 0.05) is 35.9 Å². The maximum absolute atomic E-state index is 10.2. The van der Waals surface area contributed by atoms with Gasteiger partial charge in [-0.2, -0.15) is 0 Å². The van der Waals surface area contributed by atoms with E-state index in [9.17, 15) is 9.90 Å². The molecular weight excluding hydrogens is 621 g/mol. The lowest BCUT2D eigenvalue weighted by Gasteiger charge is -2.25. The molecule has 3 aromatic heterocycles. The number of hydrogen-bond donors (Lipinski definition) is 1. The summed E-state index contributed by atoms with van der Waals surface area (Å²) in [5, 5.41) is 11.6. The van der Waals surface area contributed by atoms with Crippen molar-refractivity contribution < 1.29 is 9.90 Å². The molecule has 0 aliphatic rings. The molecule has 0 atom stereocenters. The smallest absolute Gasteiger partial charge is 0.132 e. The zero-order valence-corrected chi connectivity index (χ0v) is 27.4. The Balaban J connectivity index is 0.000000515. The third kappa shape index (κ3) is 15.5. The zero-order valence-electron chi connectivity index (χ0n) is 23.5. The fourth-order valence-electron chi connectivity index (χ4n) is 3.16. The number of carbonyl (C=O) groups excluding carboxylic acids is 1. The van der Waals surface area contributed by atoms with Gasteiger partial charge < -0.3 is 5.11 Å². The fraction of sp³-hybridized carbons (Fsp3) is 0.400. The van der Waals surface area contributed by atoms with Gasteiger partial charge in [0.15, 0.2) is 0 Å². The molecule has 0 unspecified atom stereocenters. The van der Waals surface area contributed by atoms with Gasteiger partial charge >= 0.3 is 0 Å². The fourth-order valence-corrected chi connectivity index (χ4v) is 4.14. The molecule has 5 nitrogen and oxygen atoms in total. The van der Waals surface area contributed by atoms with Crippen molar-refractivity contribution in [3.05, 3.63) is 92.1 Å². The van der Waals surface area contributed by atoms with Crippen LogP contribution in [0.15, 0.2) is 65.5 Å². The quantitative estimate of drug-likeness (QED) is 0.256. The Morgan fingerprint density at radius 1 is 0.821 bits per heavy atom. The average Bonchev–Trinajstić information content (AvgIpc) is 2.94. The van der Waals surface area contributed by atoms with Crippen molar-refractivity contribution in [3.8, 4) is 0 Å². The number of nitrogens with zero attached hydrogens (tertiary/aromatic N) is 3. The Kier molecular flexibility index (Phi) is 20.0. The average molecular weight is 660 g/mol. The standard InChI is InChI=1S/C10H14ClNO.C10H12ClN.C5H3BrClN.C5H10O/c1-3-10(13,4-2)8-5-6-12-9(11)7-8;1-3-8(4-2)9-5-6-12-10(11)7-9;6-4-1-2-8-5(7)3-4;1-3-5(6)4-2/h5-7,13H,3-4H2,1-2H3;3,5-7H,4H2,1-2H3;1-3H;3-4H2,1-2H3/b;8-3+;;. The van der Waals surface area contributed by atoms with Crippen LogP contribution in [0.2, 0.25) is 15.5 Å². The predicted octanol–water partition coefficient (Wildman–Crippen LogP) is 10.2. The van der Waals surface area contributed by atoms with Crippen LogP contribution in [0.4, 0.5) is 0 Å². The molecule has 9 heteroatoms. The number of aromatic nitrogens is 3. The molecule has 0 bridgehead atoms. The molecule has 0 saturated heterocycles. The number of rotatable bonds is 7. The second kappa shape index (κ2) is 21.0. The molecule has 3 heterocycles. The van der Waals surface area contributed by atoms with E-state index in [4.69, 9.17) is 34.8 Å². The lowest BCUT2D eigenvalue weighted by molar-refractivity contribution is -0.118. The van der Waals surface area contributed by atoms with Gasteiger partial charge in [-0.05, 0) is 79.3 Å². The minimum absolute atomic E-state index is 0.343. The summed E-state index contributed by atoms with van der Waals surface area (Å²) in [7, 11) is 0. The highest BCUT2D eigenvalue weighted by molar-refractivity contribution is 9.10. The van der Waals surface area contributed by atoms with Crippen LogP contribution in [0.1, 0.15) is 84.8 Å². The maximum Gasteiger partial charge on any atom is 0.132 e. The van der Waals surface area contributed by atoms with E-state index in [2.05, 4.69) is 43.9 Å². The summed E-state index contributed by atoms with van der Waals surface area (Å²) in [6, 6.07) is 11.0. The zero-order chi connectivity index (χ0) is 29.8. The van der Waals surface area contributed by atoms with Crippen LogP contribution in [0, 0.1) is 0 Å². The number of aliphatic hydroxyl groups is 1. The lowest BCUT2D eigenvalue weighted by Crippen LogP contribution is -2.23. The summed E-state index contributed by atoms with van der Waals surface area (Å²) in [5.74, 6) is 0.343. The van der Waals surface area contributed by atoms with E-state index < -0.39 is 5.60 Å². The third-order valence-corrected chi connectivity index (χ3v) is 6.85. The number of pyridine rings is 3. The van der Waals surface area contributed by atoms with Gasteiger partial charge in [0.2, 0.25) is 0 Å². The van der Waals surface area contributed by atoms with Crippen molar-refractivity contribution in [2.45, 2.75) is 79.2 Å². The number of carbonyl (C=O) groups is 1. The first-order valence-electron chi connectivity index (χ1n) is 12.9. The van der Waals surface area contributed by atoms with Gasteiger partial charge in [-0.1, -0.05) is 91.4 Å². The van der Waals surface area contributed by atoms with Gasteiger partial charge in [0.25, 0.3) is 0 Å². The first-order chi connectivity index (χ1) is 18.5. The third-order valence-electron chi connectivity index (χ3n) is 5.74. The molecule has 0 aliphatic heterocycles. The lowest BCUT2D eigenvalue weighted by atomic mass is 9.89. The van der Waals surface area contributed by atoms with E-state index in [1.165, 1.54) is 11.1 Å². The SMILES string of the molecule is C/C=C(\CC)c1ccnc(Cl)c1.CCC(=O)CC.CCC(O)(CC)c1ccnc(Cl)c1.Clc1cc(Br)ccn1. The minimum Gasteiger partial charge on any atom is -0.385 e. The molecule has 3 aromatic rings. The molecule has 1 N–H and O–H groups in total. The van der Waals surface area contributed by atoms with Crippen molar-refractivity contribution in [1.82, 2.24) is 15.0 Å². The highest BCUT2D eigenvalue weighted by Crippen LogP contribution is 2.29. The van der Waals surface area contributed by atoms with Crippen molar-refractivity contribution in [2.24, 2.45) is 0 Å². The highest BCUT2D eigenvalue weighted by atomic mass is 79.9. The van der Waals surface area contributed by atoms with Crippen molar-refractivity contribution in [2.75, 3.05) is 0 Å². The second-order valence-electron chi connectivity index (χ2n) is 8.18. The Labute approximate surface area is 257 Å². The second-order valence-corrected chi connectivity index (χ2v) is 10.3. The molecule has 214 valence electrons. The van der Waals surface area contributed by atoms with Crippen molar-refractivity contribution in [1.29, 1.82) is 0 Å². The first-order valence-corrected chi connectivity index (χ1v) is 14.8. The van der Waals surface area contributed by atoms with Crippen molar-refractivity contribution in [3.63, 3.8) is 0 Å². The summed E-state index contributed by atoms with van der Waals surface area (Å²) in [6.45, 7) is 11.8. The molecule has 0 spiro atoms. The number of allylic oxidation sites excluding steroid dienone is 2. The number of ketones is 1. The summed E-state index contributed by atoms with van der Waals surface area (Å²) < 4.78 is 0.956. The highest BCUT2D eigenvalue weighted by Gasteiger charge is 2.24. The van der Waals surface area contributed by atoms with Crippen LogP contribution in [-0.2, 0) is 10.4 Å². The number of Topliss-reactive ketones (excluding diaryl/α,β-unsaturated/α-hetero) is 1. The van der Waals surface area contributed by atoms with Crippen LogP contribution < -0.4 is 0 Å². The summed E-state index contributed by atoms with van der Waals surface area (Å²) in [4.78, 5) is 21.8. The van der Waals surface area contributed by atoms with Gasteiger partial charge in [0.05, 0.1) is 5.60 Å². The van der Waals surface area contributed by atoms with E-state index >= 15 is 0 Å². The van der Waals surface area contributed by atoms with Gasteiger partial charge in [0.1, 0.15) is 21.2 Å². The summed E-state index contributed by atoms with van der Waals surface area (Å²) in [5.41, 5.74) is 2.56. The van der Waals surface area contributed by atoms with Gasteiger partial charge in [-0.15, -0.1) is 0 Å². The molecule has 0 radical (unpaired) electrons. The monoisotopic (exact) mass is 657 g/mol. The van der Waals surface area contributed by atoms with E-state index in [1.54, 1.807) is 36.8 Å². The topological polar surface area (TPSA) is 76.0 Å². The number of halogens is 4. The molecule has 0 saturated carbocycles. The van der Waals surface area contributed by atoms with E-state index in [-0.39, 0.29) is 0 Å². The summed E-state index contributed by atoms with van der Waals surface area (Å²) in [6.07, 6.45) is 10.9. The van der Waals surface area contributed by atoms with E-state index in [0.29, 0.717) is 46.9 Å². The van der Waals surface area contributed by atoms with Crippen LogP contribution >= 0.6 is 50.7 Å². The molecule has 0 amide bonds. The van der Waals surface area contributed by atoms with E-state index in [0.717, 1.165) is 16.5 Å². The number of hydrogen-bond acceptors (Lipinski definition) is 5. The van der Waals surface area contributed by atoms with Crippen molar-refractivity contribution >= 4 is 62.1 Å². The Bertz CT molecular complexity index is 1130. The summed E-state index contributed by atoms with van der Waals surface area (Å²) >= 11 is 20.2. The van der Waals surface area contributed by atoms with Crippen LogP contribution in [0.25, 0.3) is 5.57 Å². The minimum atomic E-state index is -0.757. The van der Waals surface area contributed by atoms with Crippen LogP contribution in [-0.4, -0.2) is 25.8 Å². The van der Waals surface area contributed by atoms with E-state index in [1.807, 2.05) is 52.8 Å². The molecule has 39 heavy (non-hydrogen) atoms. The van der Waals surface area contributed by atoms with Crippen LogP contribution in [0.3, 0.4) is 0 Å². The molecular formula is C30H39BrCl3N3O2. The van der Waals surface area contributed by atoms with Crippen LogP contribution in [0.5, 0.6) is 0 Å². The Hall–Kier alpha value is -1.83. The first kappa shape index (κ1) is 37.2. The molecule has 0 aromatic carbocycles. The molecule has 0 fully saturated rings. The van der Waals surface area contributed by atoms with Gasteiger partial charge in [-0.3, -0.25) is 4.79 Å². The normalized spacial score (nSPS) is 10.7. The predicted molar refractivity (Wildman–Crippen MR) is 169 cm³/mol. The molecule has 3 rings (SSSR count). The Morgan fingerprint density at radius 2 is 1.31 bits per heavy atom. The van der Waals surface area contributed by atoms with Gasteiger partial charge in [-0.25, -0.2) is 15.0 Å². The maximum atomic E-state index is 10.2.